The molecule has 0 heterocycles. The number of nitrogens with two attached hydrogens (primary N) is 1. The first kappa shape index (κ1) is 15.7. The molecular weight excluding hydrogens is 332 g/mol. The lowest BCUT2D eigenvalue weighted by molar-refractivity contribution is -0.383. The minimum atomic E-state index is -0.548. The van der Waals surface area contributed by atoms with E-state index in [1.165, 1.54) is 12.1 Å². The highest BCUT2D eigenvalue weighted by Crippen LogP contribution is 2.37. The number of benzene rings is 3. The van der Waals surface area contributed by atoms with E-state index < -0.39 is 16.5 Å². The van der Waals surface area contributed by atoms with Crippen LogP contribution in [0.2, 0.25) is 0 Å². The molecule has 0 aromatic heterocycles. The van der Waals surface area contributed by atoms with Crippen LogP contribution in [0.3, 0.4) is 0 Å². The molecule has 0 atom stereocenters. The van der Waals surface area contributed by atoms with Crippen LogP contribution >= 0.6 is 0 Å². The number of Topliss-reactive ketones (excluding diaryl/α,β-unsaturated/α-hetero) is 2. The van der Waals surface area contributed by atoms with Gasteiger partial charge in [0.25, 0.3) is 5.69 Å². The molecule has 3 aromatic rings. The molecule has 0 saturated carbocycles. The fourth-order valence-electron chi connectivity index (χ4n) is 3.19. The van der Waals surface area contributed by atoms with Crippen molar-refractivity contribution in [2.24, 2.45) is 0 Å². The SMILES string of the molecule is Nc1ccc(-c2ccc3c(c2)-c2ccccc2C(=O)C3=O)cc1[N+](=O)[O-]. The molecular formula is C20H12N2O4. The second kappa shape index (κ2) is 5.63. The quantitative estimate of drug-likeness (QED) is 0.329. The molecule has 6 heteroatoms. The van der Waals surface area contributed by atoms with Crippen molar-refractivity contribution in [3.05, 3.63) is 81.9 Å². The zero-order chi connectivity index (χ0) is 18.4. The minimum absolute atomic E-state index is 0.0860. The molecule has 26 heavy (non-hydrogen) atoms. The third-order valence-corrected chi connectivity index (χ3v) is 4.49. The molecule has 126 valence electrons. The van der Waals surface area contributed by atoms with Gasteiger partial charge in [0.2, 0.25) is 11.6 Å². The number of anilines is 1. The van der Waals surface area contributed by atoms with Gasteiger partial charge in [0.15, 0.2) is 0 Å². The summed E-state index contributed by atoms with van der Waals surface area (Å²) in [5.41, 5.74) is 8.89. The van der Waals surface area contributed by atoms with Gasteiger partial charge in [0.1, 0.15) is 5.69 Å². The number of carbonyl (C=O) groups is 2. The van der Waals surface area contributed by atoms with E-state index in [1.54, 1.807) is 48.5 Å². The summed E-state index contributed by atoms with van der Waals surface area (Å²) in [5, 5.41) is 11.1. The molecule has 6 nitrogen and oxygen atoms in total. The lowest BCUT2D eigenvalue weighted by Gasteiger charge is -2.18. The van der Waals surface area contributed by atoms with Crippen molar-refractivity contribution in [3.8, 4) is 22.3 Å². The third kappa shape index (κ3) is 2.28. The number of fused-ring (bicyclic) bond motifs is 3. The highest BCUT2D eigenvalue weighted by molar-refractivity contribution is 6.53. The molecule has 0 spiro atoms. The van der Waals surface area contributed by atoms with Crippen LogP contribution in [-0.2, 0) is 0 Å². The molecule has 0 bridgehead atoms. The average Bonchev–Trinajstić information content (AvgIpc) is 2.66. The Kier molecular flexibility index (Phi) is 3.40. The van der Waals surface area contributed by atoms with Gasteiger partial charge in [0, 0.05) is 17.2 Å². The largest absolute Gasteiger partial charge is 0.393 e. The monoisotopic (exact) mass is 344 g/mol. The third-order valence-electron chi connectivity index (χ3n) is 4.49. The van der Waals surface area contributed by atoms with Gasteiger partial charge < -0.3 is 5.73 Å². The van der Waals surface area contributed by atoms with E-state index in [0.717, 1.165) is 0 Å². The predicted octanol–water partition coefficient (Wildman–Crippen LogP) is 3.89. The molecule has 3 aromatic carbocycles. The van der Waals surface area contributed by atoms with Crippen molar-refractivity contribution in [2.75, 3.05) is 5.73 Å². The second-order valence-electron chi connectivity index (χ2n) is 5.99. The number of rotatable bonds is 2. The Bertz CT molecular complexity index is 1120. The number of hydrogen-bond donors (Lipinski definition) is 1. The van der Waals surface area contributed by atoms with Gasteiger partial charge in [-0.1, -0.05) is 36.4 Å². The van der Waals surface area contributed by atoms with Crippen LogP contribution in [0.1, 0.15) is 20.7 Å². The van der Waals surface area contributed by atoms with Gasteiger partial charge in [-0.2, -0.15) is 0 Å². The van der Waals surface area contributed by atoms with E-state index in [1.807, 2.05) is 0 Å². The first-order chi connectivity index (χ1) is 12.5. The molecule has 0 amide bonds. The van der Waals surface area contributed by atoms with E-state index in [0.29, 0.717) is 33.4 Å². The van der Waals surface area contributed by atoms with Crippen LogP contribution in [-0.4, -0.2) is 16.5 Å². The average molecular weight is 344 g/mol. The summed E-state index contributed by atoms with van der Waals surface area (Å²) in [5.74, 6) is -1.07. The molecule has 1 aliphatic carbocycles. The van der Waals surface area contributed by atoms with E-state index in [-0.39, 0.29) is 11.4 Å². The van der Waals surface area contributed by atoms with Gasteiger partial charge >= 0.3 is 0 Å². The summed E-state index contributed by atoms with van der Waals surface area (Å²) in [7, 11) is 0. The van der Waals surface area contributed by atoms with E-state index >= 15 is 0 Å². The maximum absolute atomic E-state index is 12.4. The zero-order valence-electron chi connectivity index (χ0n) is 13.4. The Morgan fingerprint density at radius 2 is 1.31 bits per heavy atom. The Morgan fingerprint density at radius 1 is 0.731 bits per heavy atom. The van der Waals surface area contributed by atoms with Crippen LogP contribution in [0, 0.1) is 10.1 Å². The number of carbonyl (C=O) groups excluding carboxylic acids is 2. The summed E-state index contributed by atoms with van der Waals surface area (Å²) in [6.07, 6.45) is 0. The van der Waals surface area contributed by atoms with Crippen molar-refractivity contribution in [1.29, 1.82) is 0 Å². The van der Waals surface area contributed by atoms with Gasteiger partial charge in [-0.15, -0.1) is 0 Å². The highest BCUT2D eigenvalue weighted by Gasteiger charge is 2.30. The molecule has 0 fully saturated rings. The van der Waals surface area contributed by atoms with Crippen LogP contribution in [0.4, 0.5) is 11.4 Å². The van der Waals surface area contributed by atoms with Gasteiger partial charge in [-0.3, -0.25) is 19.7 Å². The van der Waals surface area contributed by atoms with Crippen LogP contribution in [0.25, 0.3) is 22.3 Å². The lowest BCUT2D eigenvalue weighted by atomic mass is 9.82. The number of nitro groups is 1. The van der Waals surface area contributed by atoms with E-state index in [2.05, 4.69) is 0 Å². The summed E-state index contributed by atoms with van der Waals surface area (Å²) in [6, 6.07) is 16.5. The molecule has 0 aliphatic heterocycles. The maximum atomic E-state index is 12.4. The summed E-state index contributed by atoms with van der Waals surface area (Å²) >= 11 is 0. The van der Waals surface area contributed by atoms with Crippen LogP contribution in [0.15, 0.2) is 60.7 Å². The second-order valence-corrected chi connectivity index (χ2v) is 5.99. The molecule has 2 N–H and O–H groups in total. The first-order valence-electron chi connectivity index (χ1n) is 7.84. The number of ketones is 2. The Labute approximate surface area is 148 Å². The Balaban J connectivity index is 1.92. The Hall–Kier alpha value is -3.80. The summed E-state index contributed by atoms with van der Waals surface area (Å²) < 4.78 is 0. The van der Waals surface area contributed by atoms with E-state index in [4.69, 9.17) is 5.73 Å². The normalized spacial score (nSPS) is 12.5. The van der Waals surface area contributed by atoms with Crippen molar-refractivity contribution < 1.29 is 14.5 Å². The fourth-order valence-corrected chi connectivity index (χ4v) is 3.19. The van der Waals surface area contributed by atoms with Crippen molar-refractivity contribution in [2.45, 2.75) is 0 Å². The zero-order valence-corrected chi connectivity index (χ0v) is 13.4. The smallest absolute Gasteiger partial charge is 0.292 e. The molecule has 0 radical (unpaired) electrons. The molecule has 0 saturated heterocycles. The summed E-state index contributed by atoms with van der Waals surface area (Å²) in [6.45, 7) is 0. The van der Waals surface area contributed by atoms with Gasteiger partial charge in [-0.25, -0.2) is 0 Å². The molecule has 4 rings (SSSR count). The molecule has 1 aliphatic rings. The Morgan fingerprint density at radius 3 is 2.00 bits per heavy atom. The summed E-state index contributed by atoms with van der Waals surface area (Å²) in [4.78, 5) is 35.2. The van der Waals surface area contributed by atoms with Gasteiger partial charge in [0.05, 0.1) is 4.92 Å². The van der Waals surface area contributed by atoms with Crippen LogP contribution in [0.5, 0.6) is 0 Å². The van der Waals surface area contributed by atoms with Crippen LogP contribution < -0.4 is 5.73 Å². The lowest BCUT2D eigenvalue weighted by Crippen LogP contribution is -2.21. The number of hydrogen-bond acceptors (Lipinski definition) is 5. The minimum Gasteiger partial charge on any atom is -0.393 e. The first-order valence-corrected chi connectivity index (χ1v) is 7.84. The number of nitrogen functional groups attached to an aromatic ring is 1. The van der Waals surface area contributed by atoms with E-state index in [9.17, 15) is 19.7 Å². The maximum Gasteiger partial charge on any atom is 0.292 e. The standard InChI is InChI=1S/C20H12N2O4/c21-17-8-6-12(10-18(17)22(25)26)11-5-7-15-16(9-11)13-3-1-2-4-14(13)19(23)20(15)24/h1-10H,21H2. The van der Waals surface area contributed by atoms with Crippen molar-refractivity contribution in [1.82, 2.24) is 0 Å². The molecule has 0 unspecified atom stereocenters. The van der Waals surface area contributed by atoms with Crippen molar-refractivity contribution >= 4 is 22.9 Å². The predicted molar refractivity (Wildman–Crippen MR) is 97.0 cm³/mol. The van der Waals surface area contributed by atoms with Gasteiger partial charge in [-0.05, 0) is 40.5 Å². The number of nitro benzene ring substituents is 1. The topological polar surface area (TPSA) is 103 Å². The highest BCUT2D eigenvalue weighted by atomic mass is 16.6. The fraction of sp³-hybridized carbons (Fsp3) is 0. The van der Waals surface area contributed by atoms with Crippen molar-refractivity contribution in [3.63, 3.8) is 0 Å². The number of nitrogens with zero attached hydrogens (tertiary/aromatic N) is 1.